The lowest BCUT2D eigenvalue weighted by molar-refractivity contribution is -0.142. The number of fused-ring (bicyclic) bond motifs is 3. The average molecular weight is 1570 g/mol. The Morgan fingerprint density at radius 2 is 0.605 bits per heavy atom. The zero-order valence-corrected chi connectivity index (χ0v) is 64.5. The highest BCUT2D eigenvalue weighted by atomic mass is 16.4. The second-order valence-corrected chi connectivity index (χ2v) is 29.3. The molecular formula is C81H108N22O11. The molecule has 5 aromatic carbocycles. The number of H-pyrrole nitrogens is 3. The van der Waals surface area contributed by atoms with Crippen molar-refractivity contribution in [1.29, 1.82) is 16.2 Å². The third-order valence-electron chi connectivity index (χ3n) is 19.3. The molecule has 3 aromatic heterocycles. The topological polar surface area (TPSA) is 558 Å². The summed E-state index contributed by atoms with van der Waals surface area (Å²) in [6.07, 6.45) is 4.78. The minimum absolute atomic E-state index is 0.0322. The predicted molar refractivity (Wildman–Crippen MR) is 436 cm³/mol. The minimum Gasteiger partial charge on any atom is -0.480 e. The van der Waals surface area contributed by atoms with E-state index < -0.39 is 120 Å². The van der Waals surface area contributed by atoms with E-state index in [0.29, 0.717) is 44.1 Å². The molecule has 9 amide bonds. The first-order valence-corrected chi connectivity index (χ1v) is 38.3. The van der Waals surface area contributed by atoms with Crippen LogP contribution in [0.1, 0.15) is 107 Å². The number of benzene rings is 5. The van der Waals surface area contributed by atoms with Crippen molar-refractivity contribution in [1.82, 2.24) is 78.8 Å². The molecule has 0 spiro atoms. The van der Waals surface area contributed by atoms with E-state index in [0.717, 1.165) is 16.5 Å². The number of nitrogens with one attached hydrogen (secondary N) is 18. The van der Waals surface area contributed by atoms with Crippen LogP contribution in [-0.4, -0.2) is 177 Å². The maximum Gasteiger partial charge on any atom is 0.326 e. The Morgan fingerprint density at radius 1 is 0.342 bits per heavy atom. The Kier molecular flexibility index (Phi) is 32.8. The summed E-state index contributed by atoms with van der Waals surface area (Å²) in [6, 6.07) is 25.7. The van der Waals surface area contributed by atoms with Crippen LogP contribution < -0.4 is 86.7 Å². The fourth-order valence-corrected chi connectivity index (χ4v) is 13.5. The first-order valence-electron chi connectivity index (χ1n) is 38.3. The molecule has 33 heteroatoms. The summed E-state index contributed by atoms with van der Waals surface area (Å²) in [4.78, 5) is 157. The van der Waals surface area contributed by atoms with Gasteiger partial charge in [0.1, 0.15) is 54.4 Å². The van der Waals surface area contributed by atoms with Crippen LogP contribution in [0.25, 0.3) is 32.7 Å². The summed E-state index contributed by atoms with van der Waals surface area (Å²) in [5, 5.41) is 69.2. The number of para-hydroxylation sites is 3. The number of nitrogens with two attached hydrogens (primary N) is 4. The molecule has 8 aromatic rings. The number of amides is 9. The Labute approximate surface area is 660 Å². The lowest BCUT2D eigenvalue weighted by Crippen LogP contribution is -2.61. The van der Waals surface area contributed by atoms with E-state index in [1.165, 1.54) is 0 Å². The fraction of sp³-hybridized carbons (Fsp3) is 0.395. The number of aromatic nitrogens is 3. The molecule has 0 bridgehead atoms. The minimum atomic E-state index is -1.52. The molecule has 8 rings (SSSR count). The van der Waals surface area contributed by atoms with Gasteiger partial charge in [-0.2, -0.15) is 0 Å². The van der Waals surface area contributed by atoms with E-state index in [-0.39, 0.29) is 133 Å². The van der Waals surface area contributed by atoms with E-state index >= 15 is 28.8 Å². The van der Waals surface area contributed by atoms with Gasteiger partial charge in [-0.25, -0.2) is 4.79 Å². The lowest BCUT2D eigenvalue weighted by Gasteiger charge is -2.29. The maximum atomic E-state index is 15.4. The highest BCUT2D eigenvalue weighted by Gasteiger charge is 2.37. The Bertz CT molecular complexity index is 4620. The zero-order chi connectivity index (χ0) is 82.4. The summed E-state index contributed by atoms with van der Waals surface area (Å²) in [5.74, 6) is -10.2. The molecule has 3 heterocycles. The van der Waals surface area contributed by atoms with E-state index in [9.17, 15) is 24.3 Å². The number of aromatic amines is 3. The second kappa shape index (κ2) is 43.1. The summed E-state index contributed by atoms with van der Waals surface area (Å²) >= 11 is 0. The molecule has 0 fully saturated rings. The van der Waals surface area contributed by atoms with Crippen molar-refractivity contribution in [3.63, 3.8) is 0 Å². The van der Waals surface area contributed by atoms with Crippen LogP contribution >= 0.6 is 0 Å². The quantitative estimate of drug-likeness (QED) is 0.0148. The predicted octanol–water partition coefficient (Wildman–Crippen LogP) is 2.30. The van der Waals surface area contributed by atoms with Crippen molar-refractivity contribution in [2.45, 2.75) is 172 Å². The van der Waals surface area contributed by atoms with Crippen LogP contribution in [0, 0.1) is 28.1 Å². The van der Waals surface area contributed by atoms with Gasteiger partial charge in [-0.15, -0.1) is 0 Å². The van der Waals surface area contributed by atoms with Crippen LogP contribution in [0.2, 0.25) is 0 Å². The van der Waals surface area contributed by atoms with Crippen LogP contribution in [0.4, 0.5) is 0 Å². The summed E-state index contributed by atoms with van der Waals surface area (Å²) in [5.41, 5.74) is 29.0. The third-order valence-corrected chi connectivity index (χ3v) is 19.3. The molecule has 10 atom stereocenters. The molecule has 0 unspecified atom stereocenters. The largest absolute Gasteiger partial charge is 0.480 e. The smallest absolute Gasteiger partial charge is 0.326 e. The Hall–Kier alpha value is -12.8. The molecular weight excluding hydrogens is 1460 g/mol. The van der Waals surface area contributed by atoms with Gasteiger partial charge in [0.2, 0.25) is 53.2 Å². The average Bonchev–Trinajstić information content (AvgIpc) is 1.69. The molecule has 0 aliphatic heterocycles. The molecule has 0 saturated carbocycles. The SMILES string of the molecule is CC(C)C[C@H](NC(=O)[C@H](Cc1ccccc1)NC(=O)[C@H](Cc1c[nH]c2ccccc12)NC(=O)[C@H](CCCNC(=N)N)NC(=O)[C@H](CC(C)C)NC(=O)[C@H](Cc1c[nH]c2ccccc12)NC(=O)[C@H](CCCNC(=N)N)NC(=O)[C@H](CCCNC(=N)N)NC(=O)[C@H](Cc1ccccc1)NC(=O)[C@@H](N)Cc1c[nH]c2ccccc12)C(=O)O. The monoisotopic (exact) mass is 1560 g/mol. The third kappa shape index (κ3) is 27.0. The van der Waals surface area contributed by atoms with Gasteiger partial charge in [0, 0.05) is 96.6 Å². The normalized spacial score (nSPS) is 13.9. The van der Waals surface area contributed by atoms with Gasteiger partial charge >= 0.3 is 5.97 Å². The van der Waals surface area contributed by atoms with Crippen molar-refractivity contribution < 1.29 is 53.1 Å². The molecule has 0 saturated heterocycles. The molecule has 27 N–H and O–H groups in total. The van der Waals surface area contributed by atoms with Crippen molar-refractivity contribution in [3.05, 3.63) is 180 Å². The van der Waals surface area contributed by atoms with Gasteiger partial charge < -0.3 is 107 Å². The molecule has 0 aliphatic carbocycles. The first kappa shape index (κ1) is 86.8. The van der Waals surface area contributed by atoms with Gasteiger partial charge in [-0.3, -0.25) is 59.4 Å². The van der Waals surface area contributed by atoms with E-state index in [1.807, 2.05) is 54.6 Å². The fourth-order valence-electron chi connectivity index (χ4n) is 13.5. The van der Waals surface area contributed by atoms with Crippen LogP contribution in [0.5, 0.6) is 0 Å². The summed E-state index contributed by atoms with van der Waals surface area (Å²) < 4.78 is 0. The van der Waals surface area contributed by atoms with E-state index in [1.54, 1.807) is 125 Å². The number of carbonyl (C=O) groups excluding carboxylic acids is 9. The van der Waals surface area contributed by atoms with Gasteiger partial charge in [0.15, 0.2) is 17.9 Å². The van der Waals surface area contributed by atoms with E-state index in [4.69, 9.17) is 39.2 Å². The van der Waals surface area contributed by atoms with Gasteiger partial charge in [-0.1, -0.05) is 143 Å². The second-order valence-electron chi connectivity index (χ2n) is 29.3. The zero-order valence-electron chi connectivity index (χ0n) is 64.5. The number of carboxylic acid groups (broad SMARTS) is 1. The first-order chi connectivity index (χ1) is 54.6. The van der Waals surface area contributed by atoms with Crippen molar-refractivity contribution in [3.8, 4) is 0 Å². The molecule has 114 heavy (non-hydrogen) atoms. The Balaban J connectivity index is 1.08. The number of hydrogen-bond donors (Lipinski definition) is 23. The molecule has 0 aliphatic rings. The number of guanidine groups is 3. The van der Waals surface area contributed by atoms with Crippen molar-refractivity contribution in [2.75, 3.05) is 19.6 Å². The summed E-state index contributed by atoms with van der Waals surface area (Å²) in [6.45, 7) is 7.40. The van der Waals surface area contributed by atoms with Gasteiger partial charge in [0.05, 0.1) is 6.04 Å². The number of carbonyl (C=O) groups is 10. The highest BCUT2D eigenvalue weighted by molar-refractivity contribution is 6.00. The number of carboxylic acids is 1. The highest BCUT2D eigenvalue weighted by Crippen LogP contribution is 2.24. The van der Waals surface area contributed by atoms with Crippen LogP contribution in [0.3, 0.4) is 0 Å². The Morgan fingerprint density at radius 3 is 0.939 bits per heavy atom. The molecule has 608 valence electrons. The summed E-state index contributed by atoms with van der Waals surface area (Å²) in [7, 11) is 0. The standard InChI is InChI=1S/C81H108N22O11/c1-46(2)36-63(73(108)96-62(32-19-35-91-81(87)88)72(107)102-67(42-52-45-94-59-29-16-13-26-55(52)59)77(112)100-65(39-49-22-9-6-10-23-49)75(110)103-68(78(113)114)37-47(3)4)99-76(111)66(41-51-44-93-58-28-15-12-25-54(51)58)101-71(106)61(31-18-34-90-80(85)86)95-70(105)60(30-17-33-89-79(83)84)97-74(109)64(38-48-20-7-5-8-21-48)98-69(104)56(82)40-50-43-92-57-27-14-11-24-53(50)57/h5-16,20-29,43-47,56,60-68,92-94H,17-19,30-42,82H2,1-4H3,(H,95,105)(H,96,108)(H,97,109)(H,98,104)(H,99,111)(H,100,112)(H,101,106)(H,102,107)(H,103,110)(H,113,114)(H4,83,84,89)(H4,85,86,90)(H4,87,88,91)/t56-,60-,61-,62-,63-,64-,65-,66-,67-,68-/m0/s1. The van der Waals surface area contributed by atoms with Crippen LogP contribution in [0.15, 0.2) is 152 Å². The number of rotatable bonds is 45. The van der Waals surface area contributed by atoms with Crippen molar-refractivity contribution in [2.24, 2.45) is 34.8 Å². The van der Waals surface area contributed by atoms with Gasteiger partial charge in [-0.05, 0) is 116 Å². The lowest BCUT2D eigenvalue weighted by atomic mass is 9.99. The van der Waals surface area contributed by atoms with Crippen molar-refractivity contribution >= 4 is 110 Å². The van der Waals surface area contributed by atoms with Gasteiger partial charge in [0.25, 0.3) is 0 Å². The molecule has 0 radical (unpaired) electrons. The number of hydrogen-bond acceptors (Lipinski definition) is 14. The maximum absolute atomic E-state index is 15.4. The van der Waals surface area contributed by atoms with Crippen LogP contribution in [-0.2, 0) is 80.0 Å². The molecule has 33 nitrogen and oxygen atoms in total. The van der Waals surface area contributed by atoms with E-state index in [2.05, 4.69) is 78.8 Å². The number of aliphatic carboxylic acids is 1.